The zero-order chi connectivity index (χ0) is 11.3. The molecule has 0 bridgehead atoms. The number of aryl methyl sites for hydroxylation is 1. The standard InChI is InChI=1S/C12H12O3/c1-4-7-15-11-8-10(12(13)14-3)6-5-9(11)2/h1,5-6,8H,7H2,2-3H3. The van der Waals surface area contributed by atoms with Crippen LogP contribution in [0.4, 0.5) is 0 Å². The van der Waals surface area contributed by atoms with E-state index in [2.05, 4.69) is 10.7 Å². The summed E-state index contributed by atoms with van der Waals surface area (Å²) in [6.07, 6.45) is 5.08. The molecule has 0 atom stereocenters. The Labute approximate surface area is 89.0 Å². The number of carbonyl (C=O) groups excluding carboxylic acids is 1. The molecule has 15 heavy (non-hydrogen) atoms. The second kappa shape index (κ2) is 5.06. The van der Waals surface area contributed by atoms with Crippen LogP contribution >= 0.6 is 0 Å². The molecule has 0 N–H and O–H groups in total. The summed E-state index contributed by atoms with van der Waals surface area (Å²) < 4.78 is 9.88. The van der Waals surface area contributed by atoms with Crippen molar-refractivity contribution in [3.05, 3.63) is 29.3 Å². The van der Waals surface area contributed by atoms with Gasteiger partial charge in [0, 0.05) is 0 Å². The summed E-state index contributed by atoms with van der Waals surface area (Å²) in [5, 5.41) is 0. The van der Waals surface area contributed by atoms with Crippen molar-refractivity contribution in [1.82, 2.24) is 0 Å². The number of terminal acetylenes is 1. The second-order valence-electron chi connectivity index (χ2n) is 2.96. The fourth-order valence-electron chi connectivity index (χ4n) is 1.12. The average Bonchev–Trinajstić information content (AvgIpc) is 2.27. The first-order valence-corrected chi connectivity index (χ1v) is 4.44. The van der Waals surface area contributed by atoms with Gasteiger partial charge in [-0.3, -0.25) is 0 Å². The van der Waals surface area contributed by atoms with Crippen LogP contribution in [0.15, 0.2) is 18.2 Å². The van der Waals surface area contributed by atoms with Gasteiger partial charge in [0.2, 0.25) is 0 Å². The minimum absolute atomic E-state index is 0.186. The third-order valence-electron chi connectivity index (χ3n) is 1.92. The Morgan fingerprint density at radius 2 is 2.27 bits per heavy atom. The molecule has 0 aliphatic rings. The molecule has 0 saturated carbocycles. The number of esters is 1. The number of rotatable bonds is 3. The normalized spacial score (nSPS) is 9.13. The number of methoxy groups -OCH3 is 1. The molecule has 78 valence electrons. The highest BCUT2D eigenvalue weighted by atomic mass is 16.5. The van der Waals surface area contributed by atoms with E-state index in [4.69, 9.17) is 11.2 Å². The van der Waals surface area contributed by atoms with Crippen LogP contribution in [-0.4, -0.2) is 19.7 Å². The summed E-state index contributed by atoms with van der Waals surface area (Å²) in [7, 11) is 1.34. The van der Waals surface area contributed by atoms with Gasteiger partial charge in [0.25, 0.3) is 0 Å². The first-order chi connectivity index (χ1) is 7.19. The molecular formula is C12H12O3. The highest BCUT2D eigenvalue weighted by molar-refractivity contribution is 5.89. The zero-order valence-corrected chi connectivity index (χ0v) is 8.74. The van der Waals surface area contributed by atoms with Gasteiger partial charge in [-0.1, -0.05) is 12.0 Å². The quantitative estimate of drug-likeness (QED) is 0.556. The summed E-state index contributed by atoms with van der Waals surface area (Å²) in [6, 6.07) is 5.10. The molecule has 1 aromatic rings. The summed E-state index contributed by atoms with van der Waals surface area (Å²) in [5.74, 6) is 2.59. The van der Waals surface area contributed by atoms with E-state index >= 15 is 0 Å². The zero-order valence-electron chi connectivity index (χ0n) is 8.74. The van der Waals surface area contributed by atoms with Gasteiger partial charge >= 0.3 is 5.97 Å². The molecule has 3 nitrogen and oxygen atoms in total. The molecule has 0 saturated heterocycles. The van der Waals surface area contributed by atoms with Gasteiger partial charge in [-0.25, -0.2) is 4.79 Å². The predicted octanol–water partition coefficient (Wildman–Crippen LogP) is 1.79. The van der Waals surface area contributed by atoms with Gasteiger partial charge in [0.05, 0.1) is 12.7 Å². The lowest BCUT2D eigenvalue weighted by Crippen LogP contribution is -2.03. The number of ether oxygens (including phenoxy) is 2. The van der Waals surface area contributed by atoms with Crippen LogP contribution in [0.2, 0.25) is 0 Å². The van der Waals surface area contributed by atoms with E-state index in [0.29, 0.717) is 11.3 Å². The summed E-state index contributed by atoms with van der Waals surface area (Å²) in [6.45, 7) is 2.07. The van der Waals surface area contributed by atoms with Crippen LogP contribution in [0.5, 0.6) is 5.75 Å². The topological polar surface area (TPSA) is 35.5 Å². The smallest absolute Gasteiger partial charge is 0.337 e. The van der Waals surface area contributed by atoms with E-state index < -0.39 is 0 Å². The van der Waals surface area contributed by atoms with E-state index in [1.807, 2.05) is 6.92 Å². The van der Waals surface area contributed by atoms with E-state index in [-0.39, 0.29) is 12.6 Å². The molecule has 0 radical (unpaired) electrons. The van der Waals surface area contributed by atoms with E-state index in [1.54, 1.807) is 18.2 Å². The van der Waals surface area contributed by atoms with Crippen molar-refractivity contribution < 1.29 is 14.3 Å². The molecule has 0 aliphatic carbocycles. The van der Waals surface area contributed by atoms with Gasteiger partial charge in [0.1, 0.15) is 12.4 Å². The molecule has 1 aromatic carbocycles. The lowest BCUT2D eigenvalue weighted by atomic mass is 10.1. The maximum atomic E-state index is 11.2. The van der Waals surface area contributed by atoms with Crippen molar-refractivity contribution >= 4 is 5.97 Å². The summed E-state index contributed by atoms with van der Waals surface area (Å²) in [5.41, 5.74) is 1.38. The fraction of sp³-hybridized carbons (Fsp3) is 0.250. The number of carbonyl (C=O) groups is 1. The van der Waals surface area contributed by atoms with Crippen molar-refractivity contribution in [3.8, 4) is 18.1 Å². The Hall–Kier alpha value is -1.95. The van der Waals surface area contributed by atoms with Crippen molar-refractivity contribution in [2.45, 2.75) is 6.92 Å². The van der Waals surface area contributed by atoms with Gasteiger partial charge in [0.15, 0.2) is 0 Å². The third kappa shape index (κ3) is 2.75. The van der Waals surface area contributed by atoms with E-state index in [1.165, 1.54) is 7.11 Å². The maximum Gasteiger partial charge on any atom is 0.337 e. The van der Waals surface area contributed by atoms with Crippen molar-refractivity contribution in [2.24, 2.45) is 0 Å². The van der Waals surface area contributed by atoms with Gasteiger partial charge in [-0.2, -0.15) is 0 Å². The second-order valence-corrected chi connectivity index (χ2v) is 2.96. The molecule has 1 rings (SSSR count). The van der Waals surface area contributed by atoms with Crippen molar-refractivity contribution in [2.75, 3.05) is 13.7 Å². The summed E-state index contributed by atoms with van der Waals surface area (Å²) >= 11 is 0. The highest BCUT2D eigenvalue weighted by Gasteiger charge is 2.08. The minimum Gasteiger partial charge on any atom is -0.481 e. The molecule has 0 heterocycles. The largest absolute Gasteiger partial charge is 0.481 e. The lowest BCUT2D eigenvalue weighted by molar-refractivity contribution is 0.0600. The predicted molar refractivity (Wildman–Crippen MR) is 56.8 cm³/mol. The van der Waals surface area contributed by atoms with Crippen molar-refractivity contribution in [3.63, 3.8) is 0 Å². The van der Waals surface area contributed by atoms with Crippen LogP contribution < -0.4 is 4.74 Å². The highest BCUT2D eigenvalue weighted by Crippen LogP contribution is 2.19. The van der Waals surface area contributed by atoms with Gasteiger partial charge in [-0.05, 0) is 24.6 Å². The average molecular weight is 204 g/mol. The fourth-order valence-corrected chi connectivity index (χ4v) is 1.12. The van der Waals surface area contributed by atoms with Crippen molar-refractivity contribution in [1.29, 1.82) is 0 Å². The summed E-state index contributed by atoms with van der Waals surface area (Å²) in [4.78, 5) is 11.2. The Morgan fingerprint density at radius 3 is 2.87 bits per heavy atom. The molecule has 0 aliphatic heterocycles. The minimum atomic E-state index is -0.388. The van der Waals surface area contributed by atoms with Crippen LogP contribution in [0.25, 0.3) is 0 Å². The first-order valence-electron chi connectivity index (χ1n) is 4.44. The number of hydrogen-bond donors (Lipinski definition) is 0. The van der Waals surface area contributed by atoms with E-state index in [0.717, 1.165) is 5.56 Å². The Bertz CT molecular complexity index is 402. The maximum absolute atomic E-state index is 11.2. The lowest BCUT2D eigenvalue weighted by Gasteiger charge is -2.07. The molecule has 0 aromatic heterocycles. The van der Waals surface area contributed by atoms with Crippen LogP contribution in [-0.2, 0) is 4.74 Å². The van der Waals surface area contributed by atoms with Crippen LogP contribution in [0.3, 0.4) is 0 Å². The molecule has 0 spiro atoms. The molecule has 0 amide bonds. The monoisotopic (exact) mass is 204 g/mol. The van der Waals surface area contributed by atoms with Gasteiger partial charge in [-0.15, -0.1) is 6.42 Å². The number of benzene rings is 1. The Morgan fingerprint density at radius 1 is 1.53 bits per heavy atom. The Kier molecular flexibility index (Phi) is 3.75. The first kappa shape index (κ1) is 11.1. The van der Waals surface area contributed by atoms with Crippen LogP contribution in [0.1, 0.15) is 15.9 Å². The molecule has 0 unspecified atom stereocenters. The van der Waals surface area contributed by atoms with Crippen LogP contribution in [0, 0.1) is 19.3 Å². The molecule has 0 fully saturated rings. The van der Waals surface area contributed by atoms with Gasteiger partial charge < -0.3 is 9.47 Å². The van der Waals surface area contributed by atoms with E-state index in [9.17, 15) is 4.79 Å². The molecule has 3 heteroatoms. The molecular weight excluding hydrogens is 192 g/mol. The SMILES string of the molecule is C#CCOc1cc(C(=O)OC)ccc1C. The number of hydrogen-bond acceptors (Lipinski definition) is 3. The Balaban J connectivity index is 2.95. The third-order valence-corrected chi connectivity index (χ3v) is 1.92.